The number of allylic oxidation sites excluding steroid dienone is 2. The summed E-state index contributed by atoms with van der Waals surface area (Å²) in [4.78, 5) is 12.9. The van der Waals surface area contributed by atoms with Gasteiger partial charge in [-0.15, -0.1) is 0 Å². The van der Waals surface area contributed by atoms with Crippen molar-refractivity contribution in [1.82, 2.24) is 0 Å². The van der Waals surface area contributed by atoms with Gasteiger partial charge in [-0.3, -0.25) is 4.79 Å². The molecular weight excluding hydrogens is 452 g/mol. The normalized spacial score (nSPS) is 31.6. The molecule has 0 N–H and O–H groups in total. The largest absolute Gasteiger partial charge is 0.462 e. The summed E-state index contributed by atoms with van der Waals surface area (Å²) in [5.74, 6) is 3.67. The Balaban J connectivity index is 1.34. The van der Waals surface area contributed by atoms with E-state index < -0.39 is 0 Å². The van der Waals surface area contributed by atoms with Crippen LogP contribution in [0.5, 0.6) is 0 Å². The standard InChI is InChI=1S/C35H52O2/c1-22(2)23(3)12-13-24(4)32-16-17-33-31-21-27-20-28(37-34(36)26-10-8-7-9-11-26)14-15-29(27)25(5)30(31)18-19-35(32,33)6/h12-13,21-24,26,28,32-33H,7-11,14-20H2,1-6H3. The molecule has 1 aromatic carbocycles. The van der Waals surface area contributed by atoms with Gasteiger partial charge in [0.25, 0.3) is 0 Å². The molecular formula is C35H52O2. The summed E-state index contributed by atoms with van der Waals surface area (Å²) in [6.07, 6.45) is 19.0. The van der Waals surface area contributed by atoms with Gasteiger partial charge in [-0.25, -0.2) is 0 Å². The minimum Gasteiger partial charge on any atom is -0.462 e. The molecule has 5 rings (SSSR count). The molecule has 0 amide bonds. The van der Waals surface area contributed by atoms with Gasteiger partial charge in [0.15, 0.2) is 0 Å². The fourth-order valence-electron chi connectivity index (χ4n) is 8.63. The predicted octanol–water partition coefficient (Wildman–Crippen LogP) is 8.91. The summed E-state index contributed by atoms with van der Waals surface area (Å²) in [7, 11) is 0. The number of ether oxygens (including phenoxy) is 1. The van der Waals surface area contributed by atoms with Crippen molar-refractivity contribution >= 4 is 5.97 Å². The quantitative estimate of drug-likeness (QED) is 0.285. The molecule has 2 heteroatoms. The number of carbonyl (C=O) groups is 1. The zero-order valence-electron chi connectivity index (χ0n) is 24.6. The molecule has 4 aliphatic rings. The summed E-state index contributed by atoms with van der Waals surface area (Å²) in [5.41, 5.74) is 8.32. The number of esters is 1. The molecule has 4 aliphatic carbocycles. The molecule has 37 heavy (non-hydrogen) atoms. The van der Waals surface area contributed by atoms with E-state index in [0.29, 0.717) is 29.1 Å². The van der Waals surface area contributed by atoms with Crippen molar-refractivity contribution < 1.29 is 9.53 Å². The van der Waals surface area contributed by atoms with E-state index in [1.165, 1.54) is 50.5 Å². The molecule has 2 saturated carbocycles. The van der Waals surface area contributed by atoms with Crippen LogP contribution in [0.1, 0.15) is 126 Å². The van der Waals surface area contributed by atoms with Gasteiger partial charge in [0.1, 0.15) is 6.10 Å². The van der Waals surface area contributed by atoms with Crippen molar-refractivity contribution in [2.75, 3.05) is 0 Å². The van der Waals surface area contributed by atoms with Crippen molar-refractivity contribution in [3.05, 3.63) is 46.0 Å². The third-order valence-corrected chi connectivity index (χ3v) is 11.5. The zero-order valence-corrected chi connectivity index (χ0v) is 24.6. The maximum atomic E-state index is 12.9. The molecule has 0 saturated heterocycles. The Hall–Kier alpha value is -1.57. The maximum absolute atomic E-state index is 12.9. The molecule has 6 unspecified atom stereocenters. The Morgan fingerprint density at radius 2 is 1.73 bits per heavy atom. The van der Waals surface area contributed by atoms with Crippen LogP contribution in [0.25, 0.3) is 0 Å². The van der Waals surface area contributed by atoms with Crippen molar-refractivity contribution in [1.29, 1.82) is 0 Å². The van der Waals surface area contributed by atoms with E-state index >= 15 is 0 Å². The van der Waals surface area contributed by atoms with Gasteiger partial charge in [0.05, 0.1) is 5.92 Å². The van der Waals surface area contributed by atoms with Crippen LogP contribution in [-0.2, 0) is 28.8 Å². The lowest BCUT2D eigenvalue weighted by molar-refractivity contribution is -0.155. The van der Waals surface area contributed by atoms with Crippen LogP contribution in [-0.4, -0.2) is 12.1 Å². The number of carbonyl (C=O) groups excluding carboxylic acids is 1. The lowest BCUT2D eigenvalue weighted by Crippen LogP contribution is -2.36. The molecule has 2 nitrogen and oxygen atoms in total. The summed E-state index contributed by atoms with van der Waals surface area (Å²) in [6.45, 7) is 14.5. The van der Waals surface area contributed by atoms with Gasteiger partial charge < -0.3 is 4.74 Å². The van der Waals surface area contributed by atoms with Crippen molar-refractivity contribution in [2.24, 2.45) is 35.0 Å². The zero-order chi connectivity index (χ0) is 26.3. The van der Waals surface area contributed by atoms with E-state index in [2.05, 4.69) is 59.8 Å². The molecule has 0 aromatic heterocycles. The first-order chi connectivity index (χ1) is 17.7. The monoisotopic (exact) mass is 504 g/mol. The minimum absolute atomic E-state index is 0.0683. The maximum Gasteiger partial charge on any atom is 0.309 e. The number of fused-ring (bicyclic) bond motifs is 4. The van der Waals surface area contributed by atoms with Crippen LogP contribution in [0.4, 0.5) is 0 Å². The second-order valence-electron chi connectivity index (χ2n) is 13.9. The van der Waals surface area contributed by atoms with Crippen LogP contribution in [0, 0.1) is 41.9 Å². The fourth-order valence-corrected chi connectivity index (χ4v) is 8.63. The lowest BCUT2D eigenvalue weighted by Gasteiger charge is -2.45. The average molecular weight is 505 g/mol. The van der Waals surface area contributed by atoms with Crippen LogP contribution in [0.15, 0.2) is 18.2 Å². The number of hydrogen-bond acceptors (Lipinski definition) is 2. The van der Waals surface area contributed by atoms with E-state index in [4.69, 9.17) is 4.74 Å². The van der Waals surface area contributed by atoms with Gasteiger partial charge in [-0.05, 0) is 121 Å². The van der Waals surface area contributed by atoms with Crippen molar-refractivity contribution in [3.8, 4) is 0 Å². The van der Waals surface area contributed by atoms with Crippen molar-refractivity contribution in [3.63, 3.8) is 0 Å². The van der Waals surface area contributed by atoms with Crippen LogP contribution >= 0.6 is 0 Å². The van der Waals surface area contributed by atoms with Gasteiger partial charge in [0, 0.05) is 6.42 Å². The Morgan fingerprint density at radius 1 is 0.973 bits per heavy atom. The third kappa shape index (κ3) is 5.20. The van der Waals surface area contributed by atoms with Crippen molar-refractivity contribution in [2.45, 2.75) is 131 Å². The van der Waals surface area contributed by atoms with Gasteiger partial charge in [-0.1, -0.05) is 72.1 Å². The highest BCUT2D eigenvalue weighted by Gasteiger charge is 2.51. The molecule has 0 radical (unpaired) electrons. The van der Waals surface area contributed by atoms with Crippen LogP contribution in [0.2, 0.25) is 0 Å². The molecule has 0 bridgehead atoms. The third-order valence-electron chi connectivity index (χ3n) is 11.5. The number of rotatable bonds is 6. The van der Waals surface area contributed by atoms with E-state index in [0.717, 1.165) is 38.0 Å². The highest BCUT2D eigenvalue weighted by molar-refractivity contribution is 5.72. The van der Waals surface area contributed by atoms with Crippen LogP contribution < -0.4 is 0 Å². The summed E-state index contributed by atoms with van der Waals surface area (Å²) in [6, 6.07) is 2.59. The highest BCUT2D eigenvalue weighted by atomic mass is 16.5. The molecule has 204 valence electrons. The second-order valence-corrected chi connectivity index (χ2v) is 13.9. The Kier molecular flexibility index (Phi) is 7.95. The number of hydrogen-bond donors (Lipinski definition) is 0. The molecule has 2 fully saturated rings. The van der Waals surface area contributed by atoms with Gasteiger partial charge >= 0.3 is 5.97 Å². The first-order valence-electron chi connectivity index (χ1n) is 15.7. The topological polar surface area (TPSA) is 26.3 Å². The first kappa shape index (κ1) is 27.0. The smallest absolute Gasteiger partial charge is 0.309 e. The molecule has 6 atom stereocenters. The van der Waals surface area contributed by atoms with E-state index in [-0.39, 0.29) is 18.0 Å². The minimum atomic E-state index is 0.0683. The molecule has 0 aliphatic heterocycles. The highest BCUT2D eigenvalue weighted by Crippen LogP contribution is 2.61. The second kappa shape index (κ2) is 10.9. The predicted molar refractivity (Wildman–Crippen MR) is 154 cm³/mol. The Labute approximate surface area is 227 Å². The Bertz CT molecular complexity index is 1010. The average Bonchev–Trinajstić information content (AvgIpc) is 3.25. The lowest BCUT2D eigenvalue weighted by atomic mass is 9.60. The molecule has 0 heterocycles. The molecule has 0 spiro atoms. The summed E-state index contributed by atoms with van der Waals surface area (Å²) < 4.78 is 6.14. The van der Waals surface area contributed by atoms with Gasteiger partial charge in [-0.2, -0.15) is 0 Å². The van der Waals surface area contributed by atoms with Gasteiger partial charge in [0.2, 0.25) is 0 Å². The summed E-state index contributed by atoms with van der Waals surface area (Å²) >= 11 is 0. The fraction of sp³-hybridized carbons (Fsp3) is 0.743. The summed E-state index contributed by atoms with van der Waals surface area (Å²) in [5, 5.41) is 0. The number of benzene rings is 1. The Morgan fingerprint density at radius 3 is 2.46 bits per heavy atom. The van der Waals surface area contributed by atoms with E-state index in [9.17, 15) is 4.79 Å². The van der Waals surface area contributed by atoms with Crippen LogP contribution in [0.3, 0.4) is 0 Å². The molecule has 1 aromatic rings. The first-order valence-corrected chi connectivity index (χ1v) is 15.7. The SMILES string of the molecule is Cc1c2c(cc3c1CCC1(C)C3CCC1C(C)C=CC(C)C(C)C)CC(OC(=O)C1CCCCC1)CC2. The van der Waals surface area contributed by atoms with E-state index in [1.54, 1.807) is 22.3 Å². The van der Waals surface area contributed by atoms with E-state index in [1.807, 2.05) is 0 Å².